The van der Waals surface area contributed by atoms with Crippen LogP contribution < -0.4 is 5.32 Å². The molecule has 3 atom stereocenters. The first-order valence-electron chi connectivity index (χ1n) is 7.90. The third kappa shape index (κ3) is 3.05. The van der Waals surface area contributed by atoms with Crippen molar-refractivity contribution in [1.29, 1.82) is 0 Å². The van der Waals surface area contributed by atoms with Crippen molar-refractivity contribution in [2.75, 3.05) is 18.5 Å². The first-order valence-corrected chi connectivity index (χ1v) is 8.70. The minimum atomic E-state index is -4.42. The molecule has 0 saturated carbocycles. The van der Waals surface area contributed by atoms with E-state index >= 15 is 0 Å². The van der Waals surface area contributed by atoms with Crippen molar-refractivity contribution in [1.82, 2.24) is 0 Å². The lowest BCUT2D eigenvalue weighted by Crippen LogP contribution is -2.43. The molecule has 0 bridgehead atoms. The summed E-state index contributed by atoms with van der Waals surface area (Å²) in [6.07, 6.45) is -5.35. The van der Waals surface area contributed by atoms with Crippen LogP contribution in [-0.2, 0) is 15.7 Å². The Morgan fingerprint density at radius 3 is 2.48 bits per heavy atom. The molecule has 1 N–H and O–H groups in total. The molecular weight excluding hydrogens is 399 g/mol. The van der Waals surface area contributed by atoms with E-state index in [1.807, 2.05) is 30.3 Å². The Labute approximate surface area is 151 Å². The Kier molecular flexibility index (Phi) is 4.25. The topological polar surface area (TPSA) is 30.5 Å². The number of benzene rings is 2. The zero-order chi connectivity index (χ0) is 17.6. The highest BCUT2D eigenvalue weighted by Gasteiger charge is 2.43. The summed E-state index contributed by atoms with van der Waals surface area (Å²) in [5.74, 6) is 0. The molecule has 0 amide bonds. The Hall–Kier alpha value is -1.57. The average molecular weight is 414 g/mol. The summed E-state index contributed by atoms with van der Waals surface area (Å²) in [5, 5.41) is 3.34. The van der Waals surface area contributed by atoms with E-state index in [-0.39, 0.29) is 12.1 Å². The van der Waals surface area contributed by atoms with Gasteiger partial charge in [-0.1, -0.05) is 30.3 Å². The number of nitrogens with one attached hydrogen (secondary N) is 1. The molecule has 3 nitrogen and oxygen atoms in total. The number of halogens is 4. The number of hydrogen-bond donors (Lipinski definition) is 1. The summed E-state index contributed by atoms with van der Waals surface area (Å²) < 4.78 is 51.7. The maximum Gasteiger partial charge on any atom is 0.416 e. The quantitative estimate of drug-likeness (QED) is 0.705. The summed E-state index contributed by atoms with van der Waals surface area (Å²) in [7, 11) is 0. The largest absolute Gasteiger partial charge is 0.416 e. The molecule has 2 aliphatic rings. The van der Waals surface area contributed by atoms with Crippen LogP contribution in [0.2, 0.25) is 0 Å². The van der Waals surface area contributed by atoms with Gasteiger partial charge in [-0.25, -0.2) is 0 Å². The van der Waals surface area contributed by atoms with Crippen molar-refractivity contribution in [3.63, 3.8) is 0 Å². The van der Waals surface area contributed by atoms with Gasteiger partial charge in [0.05, 0.1) is 30.5 Å². The van der Waals surface area contributed by atoms with Gasteiger partial charge in [0, 0.05) is 10.0 Å². The summed E-state index contributed by atoms with van der Waals surface area (Å²) in [4.78, 5) is 0. The maximum atomic E-state index is 13.2. The standard InChI is InChI=1S/C18H15BrF3NO2/c19-13-9-11(18(20,21)22)8-12-15(13)23-14(10-4-2-1-3-5-10)17-16(12)24-6-7-25-17/h1-5,8-9,14,16-17,23H,6-7H2/t14-,16+,17-/m0/s1. The molecule has 25 heavy (non-hydrogen) atoms. The molecular formula is C18H15BrF3NO2. The predicted octanol–water partition coefficient (Wildman–Crippen LogP) is 5.09. The van der Waals surface area contributed by atoms with Gasteiger partial charge in [0.1, 0.15) is 12.2 Å². The van der Waals surface area contributed by atoms with E-state index in [9.17, 15) is 13.2 Å². The lowest BCUT2D eigenvalue weighted by molar-refractivity contribution is -0.152. The molecule has 7 heteroatoms. The van der Waals surface area contributed by atoms with E-state index in [1.54, 1.807) is 0 Å². The van der Waals surface area contributed by atoms with Gasteiger partial charge in [0.25, 0.3) is 0 Å². The molecule has 2 aliphatic heterocycles. The van der Waals surface area contributed by atoms with Crippen LogP contribution >= 0.6 is 15.9 Å². The van der Waals surface area contributed by atoms with Crippen molar-refractivity contribution >= 4 is 21.6 Å². The molecule has 2 heterocycles. The Morgan fingerprint density at radius 1 is 1.04 bits per heavy atom. The van der Waals surface area contributed by atoms with Gasteiger partial charge in [-0.2, -0.15) is 13.2 Å². The molecule has 1 saturated heterocycles. The second-order valence-corrected chi connectivity index (χ2v) is 6.93. The van der Waals surface area contributed by atoms with Crippen LogP contribution in [0.5, 0.6) is 0 Å². The number of hydrogen-bond acceptors (Lipinski definition) is 3. The van der Waals surface area contributed by atoms with Crippen molar-refractivity contribution in [3.8, 4) is 0 Å². The third-order valence-corrected chi connectivity index (χ3v) is 5.16. The average Bonchev–Trinajstić information content (AvgIpc) is 2.61. The number of alkyl halides is 3. The normalized spacial score (nSPS) is 25.7. The maximum absolute atomic E-state index is 13.2. The smallest absolute Gasteiger partial charge is 0.374 e. The van der Waals surface area contributed by atoms with Crippen LogP contribution in [0.3, 0.4) is 0 Å². The number of ether oxygens (including phenoxy) is 2. The fourth-order valence-electron chi connectivity index (χ4n) is 3.42. The van der Waals surface area contributed by atoms with Crippen molar-refractivity contribution in [2.45, 2.75) is 24.4 Å². The molecule has 0 aromatic heterocycles. The van der Waals surface area contributed by atoms with E-state index in [1.165, 1.54) is 0 Å². The van der Waals surface area contributed by atoms with Gasteiger partial charge in [-0.05, 0) is 33.6 Å². The first-order chi connectivity index (χ1) is 11.9. The molecule has 4 rings (SSSR count). The van der Waals surface area contributed by atoms with Crippen LogP contribution in [0.4, 0.5) is 18.9 Å². The van der Waals surface area contributed by atoms with Crippen LogP contribution in [0, 0.1) is 0 Å². The van der Waals surface area contributed by atoms with Crippen LogP contribution in [0.1, 0.15) is 28.8 Å². The lowest BCUT2D eigenvalue weighted by Gasteiger charge is -2.43. The van der Waals surface area contributed by atoms with E-state index in [0.29, 0.717) is 28.9 Å². The van der Waals surface area contributed by atoms with Gasteiger partial charge in [-0.3, -0.25) is 0 Å². The summed E-state index contributed by atoms with van der Waals surface area (Å²) >= 11 is 3.28. The minimum absolute atomic E-state index is 0.202. The Morgan fingerprint density at radius 2 is 1.76 bits per heavy atom. The highest BCUT2D eigenvalue weighted by atomic mass is 79.9. The minimum Gasteiger partial charge on any atom is -0.374 e. The molecule has 0 unspecified atom stereocenters. The van der Waals surface area contributed by atoms with Crippen LogP contribution in [0.15, 0.2) is 46.9 Å². The lowest BCUT2D eigenvalue weighted by atomic mass is 9.87. The van der Waals surface area contributed by atoms with Crippen molar-refractivity contribution in [2.24, 2.45) is 0 Å². The first kappa shape index (κ1) is 16.9. The second kappa shape index (κ2) is 6.30. The summed E-state index contributed by atoms with van der Waals surface area (Å²) in [6, 6.07) is 11.7. The van der Waals surface area contributed by atoms with E-state index in [0.717, 1.165) is 17.7 Å². The monoisotopic (exact) mass is 413 g/mol. The molecule has 132 valence electrons. The molecule has 0 aliphatic carbocycles. The summed E-state index contributed by atoms with van der Waals surface area (Å²) in [6.45, 7) is 0.775. The van der Waals surface area contributed by atoms with Crippen molar-refractivity contribution in [3.05, 3.63) is 63.6 Å². The fourth-order valence-corrected chi connectivity index (χ4v) is 4.01. The summed E-state index contributed by atoms with van der Waals surface area (Å²) in [5.41, 5.74) is 1.39. The SMILES string of the molecule is FC(F)(F)c1cc(Br)c2c(c1)[C@H]1OCCO[C@H]1[C@H](c1ccccc1)N2. The Balaban J connectivity index is 1.83. The fraction of sp³-hybridized carbons (Fsp3) is 0.333. The van der Waals surface area contributed by atoms with Crippen molar-refractivity contribution < 1.29 is 22.6 Å². The van der Waals surface area contributed by atoms with E-state index < -0.39 is 17.8 Å². The van der Waals surface area contributed by atoms with Gasteiger partial charge < -0.3 is 14.8 Å². The molecule has 0 radical (unpaired) electrons. The number of rotatable bonds is 1. The van der Waals surface area contributed by atoms with Gasteiger partial charge >= 0.3 is 6.18 Å². The van der Waals surface area contributed by atoms with Gasteiger partial charge in [0.15, 0.2) is 0 Å². The molecule has 1 fully saturated rings. The second-order valence-electron chi connectivity index (χ2n) is 6.08. The highest BCUT2D eigenvalue weighted by Crippen LogP contribution is 2.48. The van der Waals surface area contributed by atoms with Gasteiger partial charge in [-0.15, -0.1) is 0 Å². The zero-order valence-electron chi connectivity index (χ0n) is 13.0. The van der Waals surface area contributed by atoms with Crippen LogP contribution in [0.25, 0.3) is 0 Å². The van der Waals surface area contributed by atoms with E-state index in [2.05, 4.69) is 21.2 Å². The number of fused-ring (bicyclic) bond motifs is 3. The zero-order valence-corrected chi connectivity index (χ0v) is 14.6. The number of anilines is 1. The molecule has 2 aromatic rings. The van der Waals surface area contributed by atoms with Gasteiger partial charge in [0.2, 0.25) is 0 Å². The third-order valence-electron chi connectivity index (χ3n) is 4.53. The highest BCUT2D eigenvalue weighted by molar-refractivity contribution is 9.10. The molecule has 0 spiro atoms. The van der Waals surface area contributed by atoms with E-state index in [4.69, 9.17) is 9.47 Å². The van der Waals surface area contributed by atoms with Crippen LogP contribution in [-0.4, -0.2) is 19.3 Å². The molecule has 2 aromatic carbocycles. The predicted molar refractivity (Wildman–Crippen MR) is 90.4 cm³/mol. The Bertz CT molecular complexity index is 782.